The Kier molecular flexibility index (Phi) is 4.21. The lowest BCUT2D eigenvalue weighted by Crippen LogP contribution is -2.31. The second-order valence-electron chi connectivity index (χ2n) is 3.86. The van der Waals surface area contributed by atoms with Gasteiger partial charge < -0.3 is 10.6 Å². The summed E-state index contributed by atoms with van der Waals surface area (Å²) in [5, 5.41) is 0. The van der Waals surface area contributed by atoms with E-state index in [1.54, 1.807) is 11.8 Å². The summed E-state index contributed by atoms with van der Waals surface area (Å²) in [4.78, 5) is 3.06. The maximum atomic E-state index is 12.1. The van der Waals surface area contributed by atoms with E-state index in [1.165, 1.54) is 0 Å². The van der Waals surface area contributed by atoms with Crippen LogP contribution in [0.4, 0.5) is 24.5 Å². The molecule has 1 heterocycles. The molecule has 2 nitrogen and oxygen atoms in total. The number of nitrogens with two attached hydrogens (primary N) is 1. The number of halogens is 3. The van der Waals surface area contributed by atoms with Gasteiger partial charge >= 0.3 is 5.51 Å². The average Bonchev–Trinajstić information content (AvgIpc) is 2.28. The minimum Gasteiger partial charge on any atom is -0.399 e. The third-order valence-corrected chi connectivity index (χ3v) is 4.33. The smallest absolute Gasteiger partial charge is 0.399 e. The SMILES string of the molecule is Nc1ccc2c(c1)N(CCSC(F)(F)F)CCS2. The average molecular weight is 294 g/mol. The van der Waals surface area contributed by atoms with Crippen molar-refractivity contribution in [3.05, 3.63) is 18.2 Å². The molecule has 0 radical (unpaired) electrons. The number of fused-ring (bicyclic) bond motifs is 1. The minimum atomic E-state index is -4.15. The molecule has 100 valence electrons. The fraction of sp³-hybridized carbons (Fsp3) is 0.455. The fourth-order valence-electron chi connectivity index (χ4n) is 1.79. The Morgan fingerprint density at radius 3 is 2.89 bits per heavy atom. The molecule has 18 heavy (non-hydrogen) atoms. The van der Waals surface area contributed by atoms with Gasteiger partial charge in [-0.2, -0.15) is 13.2 Å². The van der Waals surface area contributed by atoms with Gasteiger partial charge in [0.1, 0.15) is 0 Å². The summed E-state index contributed by atoms with van der Waals surface area (Å²) in [7, 11) is 0. The molecular weight excluding hydrogens is 281 g/mol. The molecule has 0 amide bonds. The maximum absolute atomic E-state index is 12.1. The Morgan fingerprint density at radius 1 is 1.39 bits per heavy atom. The quantitative estimate of drug-likeness (QED) is 0.865. The molecule has 7 heteroatoms. The normalized spacial score (nSPS) is 15.6. The van der Waals surface area contributed by atoms with E-state index >= 15 is 0 Å². The van der Waals surface area contributed by atoms with Crippen LogP contribution in [0.3, 0.4) is 0 Å². The predicted octanol–water partition coefficient (Wildman–Crippen LogP) is 3.43. The molecule has 0 saturated carbocycles. The van der Waals surface area contributed by atoms with Crippen molar-refractivity contribution in [1.29, 1.82) is 0 Å². The van der Waals surface area contributed by atoms with E-state index in [-0.39, 0.29) is 17.5 Å². The Morgan fingerprint density at radius 2 is 2.17 bits per heavy atom. The van der Waals surface area contributed by atoms with Crippen LogP contribution in [0.2, 0.25) is 0 Å². The molecule has 0 aromatic heterocycles. The van der Waals surface area contributed by atoms with Crippen molar-refractivity contribution in [3.8, 4) is 0 Å². The lowest BCUT2D eigenvalue weighted by molar-refractivity contribution is -0.0327. The second-order valence-corrected chi connectivity index (χ2v) is 6.15. The van der Waals surface area contributed by atoms with Gasteiger partial charge in [-0.25, -0.2) is 0 Å². The zero-order valence-corrected chi connectivity index (χ0v) is 11.2. The Labute approximate surface area is 112 Å². The minimum absolute atomic E-state index is 0.0264. The largest absolute Gasteiger partial charge is 0.441 e. The van der Waals surface area contributed by atoms with E-state index < -0.39 is 5.51 Å². The molecule has 0 fully saturated rings. The van der Waals surface area contributed by atoms with Crippen LogP contribution >= 0.6 is 23.5 Å². The van der Waals surface area contributed by atoms with Gasteiger partial charge in [0, 0.05) is 35.2 Å². The third-order valence-electron chi connectivity index (χ3n) is 2.57. The first kappa shape index (κ1) is 13.7. The van der Waals surface area contributed by atoms with Gasteiger partial charge in [-0.1, -0.05) is 0 Å². The molecule has 0 unspecified atom stereocenters. The predicted molar refractivity (Wildman–Crippen MR) is 72.3 cm³/mol. The zero-order valence-electron chi connectivity index (χ0n) is 9.54. The van der Waals surface area contributed by atoms with Crippen LogP contribution in [0, 0.1) is 0 Å². The number of nitrogen functional groups attached to an aromatic ring is 1. The van der Waals surface area contributed by atoms with E-state index in [4.69, 9.17) is 5.73 Å². The third kappa shape index (κ3) is 3.65. The van der Waals surface area contributed by atoms with Gasteiger partial charge in [-0.15, -0.1) is 11.8 Å². The van der Waals surface area contributed by atoms with Crippen LogP contribution in [0.15, 0.2) is 23.1 Å². The number of nitrogens with zero attached hydrogens (tertiary/aromatic N) is 1. The van der Waals surface area contributed by atoms with Gasteiger partial charge in [-0.3, -0.25) is 0 Å². The van der Waals surface area contributed by atoms with E-state index in [2.05, 4.69) is 0 Å². The van der Waals surface area contributed by atoms with Crippen molar-refractivity contribution < 1.29 is 13.2 Å². The molecule has 0 spiro atoms. The summed E-state index contributed by atoms with van der Waals surface area (Å²) in [5.74, 6) is 0.940. The summed E-state index contributed by atoms with van der Waals surface area (Å²) < 4.78 is 36.3. The van der Waals surface area contributed by atoms with E-state index in [0.29, 0.717) is 12.2 Å². The fourth-order valence-corrected chi connectivity index (χ4v) is 3.37. The van der Waals surface area contributed by atoms with Crippen LogP contribution in [0.1, 0.15) is 0 Å². The number of rotatable bonds is 3. The Hall–Kier alpha value is -0.690. The van der Waals surface area contributed by atoms with Gasteiger partial charge in [0.15, 0.2) is 0 Å². The Bertz CT molecular complexity index is 423. The van der Waals surface area contributed by atoms with Crippen molar-refractivity contribution in [3.63, 3.8) is 0 Å². The zero-order chi connectivity index (χ0) is 13.2. The first-order valence-electron chi connectivity index (χ1n) is 5.44. The number of benzene rings is 1. The number of alkyl halides is 3. The van der Waals surface area contributed by atoms with Crippen LogP contribution in [0.25, 0.3) is 0 Å². The summed E-state index contributed by atoms with van der Waals surface area (Å²) in [6.07, 6.45) is 0. The molecule has 2 N–H and O–H groups in total. The molecule has 2 rings (SSSR count). The maximum Gasteiger partial charge on any atom is 0.441 e. The Balaban J connectivity index is 2.01. The van der Waals surface area contributed by atoms with Crippen LogP contribution in [0.5, 0.6) is 0 Å². The van der Waals surface area contributed by atoms with Crippen molar-refractivity contribution in [2.45, 2.75) is 10.4 Å². The first-order valence-corrected chi connectivity index (χ1v) is 7.41. The van der Waals surface area contributed by atoms with Crippen LogP contribution < -0.4 is 10.6 Å². The topological polar surface area (TPSA) is 29.3 Å². The second kappa shape index (κ2) is 5.52. The van der Waals surface area contributed by atoms with Crippen molar-refractivity contribution in [1.82, 2.24) is 0 Å². The van der Waals surface area contributed by atoms with Gasteiger partial charge in [-0.05, 0) is 30.0 Å². The van der Waals surface area contributed by atoms with Gasteiger partial charge in [0.05, 0.1) is 5.69 Å². The summed E-state index contributed by atoms with van der Waals surface area (Å²) >= 11 is 1.74. The van der Waals surface area contributed by atoms with E-state index in [9.17, 15) is 13.2 Å². The molecule has 0 aliphatic carbocycles. The highest BCUT2D eigenvalue weighted by Gasteiger charge is 2.28. The van der Waals surface area contributed by atoms with E-state index in [1.807, 2.05) is 23.1 Å². The number of hydrogen-bond acceptors (Lipinski definition) is 4. The molecule has 0 atom stereocenters. The molecule has 0 bridgehead atoms. The van der Waals surface area contributed by atoms with Crippen molar-refractivity contribution in [2.75, 3.05) is 35.2 Å². The van der Waals surface area contributed by atoms with Gasteiger partial charge in [0.2, 0.25) is 0 Å². The highest BCUT2D eigenvalue weighted by Crippen LogP contribution is 2.37. The van der Waals surface area contributed by atoms with Crippen LogP contribution in [-0.2, 0) is 0 Å². The summed E-state index contributed by atoms with van der Waals surface area (Å²) in [6.45, 7) is 1.15. The van der Waals surface area contributed by atoms with Crippen molar-refractivity contribution in [2.24, 2.45) is 0 Å². The lowest BCUT2D eigenvalue weighted by Gasteiger charge is -2.31. The number of hydrogen-bond donors (Lipinski definition) is 1. The summed E-state index contributed by atoms with van der Waals surface area (Å²) in [5.41, 5.74) is 3.17. The van der Waals surface area contributed by atoms with Gasteiger partial charge in [0.25, 0.3) is 0 Å². The molecule has 1 aliphatic heterocycles. The first-order chi connectivity index (χ1) is 8.46. The molecule has 0 saturated heterocycles. The monoisotopic (exact) mass is 294 g/mol. The summed E-state index contributed by atoms with van der Waals surface area (Å²) in [6, 6.07) is 5.58. The lowest BCUT2D eigenvalue weighted by atomic mass is 10.2. The standard InChI is InChI=1S/C11H13F3N2S2/c12-11(13,14)18-6-4-16-3-5-17-10-2-1-8(15)7-9(10)16/h1-2,7H,3-6,15H2. The molecular formula is C11H13F3N2S2. The number of thioether (sulfide) groups is 2. The highest BCUT2D eigenvalue weighted by atomic mass is 32.2. The van der Waals surface area contributed by atoms with Crippen molar-refractivity contribution >= 4 is 34.9 Å². The molecule has 1 aromatic carbocycles. The highest BCUT2D eigenvalue weighted by molar-refractivity contribution is 8.00. The van der Waals surface area contributed by atoms with Crippen LogP contribution in [-0.4, -0.2) is 30.1 Å². The molecule has 1 aliphatic rings. The van der Waals surface area contributed by atoms with E-state index in [0.717, 1.165) is 22.9 Å². The number of anilines is 2. The molecule has 1 aromatic rings.